The molecule has 2 atom stereocenters. The summed E-state index contributed by atoms with van der Waals surface area (Å²) in [7, 11) is 1.95. The zero-order valence-electron chi connectivity index (χ0n) is 13.1. The standard InChI is InChI=1S/C16H21N5O2/c1-20-10-13(14(22)11-20)8-15(23)19-16-18-6-7-21(16)9-12-2-4-17-5-3-12/h2-7,13-14,22H,8-11H2,1H3,(H,18,19,23)/t13-,14-/m1/s1. The fraction of sp³-hybridized carbons (Fsp3) is 0.438. The number of hydrogen-bond acceptors (Lipinski definition) is 5. The minimum absolute atomic E-state index is 0.0244. The zero-order chi connectivity index (χ0) is 16.2. The average Bonchev–Trinajstić information content (AvgIpc) is 3.07. The van der Waals surface area contributed by atoms with Gasteiger partial charge in [0.15, 0.2) is 0 Å². The number of β-amino-alcohol motifs (C(OH)–C–C–N with tert-alkyl or cyclic N) is 1. The Morgan fingerprint density at radius 3 is 2.83 bits per heavy atom. The van der Waals surface area contributed by atoms with Gasteiger partial charge in [0.1, 0.15) is 0 Å². The number of amides is 1. The number of likely N-dealkylation sites (N-methyl/N-ethyl adjacent to an activating group) is 1. The maximum absolute atomic E-state index is 12.2. The van der Waals surface area contributed by atoms with E-state index in [1.807, 2.05) is 34.8 Å². The highest BCUT2D eigenvalue weighted by Crippen LogP contribution is 2.19. The third kappa shape index (κ3) is 3.94. The van der Waals surface area contributed by atoms with E-state index >= 15 is 0 Å². The number of imidazole rings is 1. The second-order valence-corrected chi connectivity index (χ2v) is 6.04. The van der Waals surface area contributed by atoms with Crippen LogP contribution in [0.1, 0.15) is 12.0 Å². The molecule has 23 heavy (non-hydrogen) atoms. The number of likely N-dealkylation sites (tertiary alicyclic amines) is 1. The molecular formula is C16H21N5O2. The van der Waals surface area contributed by atoms with E-state index in [1.165, 1.54) is 0 Å². The highest BCUT2D eigenvalue weighted by molar-refractivity contribution is 5.89. The van der Waals surface area contributed by atoms with Crippen molar-refractivity contribution in [2.75, 3.05) is 25.5 Å². The van der Waals surface area contributed by atoms with Gasteiger partial charge in [-0.05, 0) is 24.7 Å². The molecule has 2 aromatic heterocycles. The fourth-order valence-corrected chi connectivity index (χ4v) is 2.93. The highest BCUT2D eigenvalue weighted by Gasteiger charge is 2.30. The fourth-order valence-electron chi connectivity index (χ4n) is 2.93. The number of aliphatic hydroxyl groups excluding tert-OH is 1. The molecule has 0 saturated carbocycles. The lowest BCUT2D eigenvalue weighted by Gasteiger charge is -2.14. The number of anilines is 1. The number of rotatable bonds is 5. The van der Waals surface area contributed by atoms with Crippen molar-refractivity contribution in [2.45, 2.75) is 19.1 Å². The Morgan fingerprint density at radius 1 is 1.35 bits per heavy atom. The Kier molecular flexibility index (Phi) is 4.68. The van der Waals surface area contributed by atoms with E-state index in [0.717, 1.165) is 12.1 Å². The summed E-state index contributed by atoms with van der Waals surface area (Å²) in [5.41, 5.74) is 1.08. The third-order valence-electron chi connectivity index (χ3n) is 4.11. The lowest BCUT2D eigenvalue weighted by Crippen LogP contribution is -2.25. The molecular weight excluding hydrogens is 294 g/mol. The van der Waals surface area contributed by atoms with Gasteiger partial charge in [-0.15, -0.1) is 0 Å². The van der Waals surface area contributed by atoms with Crippen LogP contribution in [0.5, 0.6) is 0 Å². The number of pyridine rings is 1. The first-order valence-electron chi connectivity index (χ1n) is 7.68. The largest absolute Gasteiger partial charge is 0.391 e. The Morgan fingerprint density at radius 2 is 2.13 bits per heavy atom. The van der Waals surface area contributed by atoms with Crippen molar-refractivity contribution < 1.29 is 9.90 Å². The van der Waals surface area contributed by atoms with Crippen LogP contribution in [0.25, 0.3) is 0 Å². The number of nitrogens with zero attached hydrogens (tertiary/aromatic N) is 4. The molecule has 2 N–H and O–H groups in total. The molecule has 2 aromatic rings. The predicted octanol–water partition coefficient (Wildman–Crippen LogP) is 0.577. The monoisotopic (exact) mass is 315 g/mol. The number of hydrogen-bond donors (Lipinski definition) is 2. The molecule has 3 rings (SSSR count). The van der Waals surface area contributed by atoms with E-state index in [0.29, 0.717) is 25.5 Å². The summed E-state index contributed by atoms with van der Waals surface area (Å²) < 4.78 is 1.88. The van der Waals surface area contributed by atoms with Crippen molar-refractivity contribution in [3.63, 3.8) is 0 Å². The minimum Gasteiger partial charge on any atom is -0.391 e. The van der Waals surface area contributed by atoms with E-state index in [4.69, 9.17) is 0 Å². The molecule has 122 valence electrons. The van der Waals surface area contributed by atoms with E-state index < -0.39 is 6.10 Å². The van der Waals surface area contributed by atoms with Gasteiger partial charge in [0.2, 0.25) is 11.9 Å². The first kappa shape index (κ1) is 15.6. The van der Waals surface area contributed by atoms with Crippen LogP contribution < -0.4 is 5.32 Å². The van der Waals surface area contributed by atoms with Crippen LogP contribution in [0.4, 0.5) is 5.95 Å². The van der Waals surface area contributed by atoms with E-state index in [2.05, 4.69) is 15.3 Å². The lowest BCUT2D eigenvalue weighted by atomic mass is 10.0. The summed E-state index contributed by atoms with van der Waals surface area (Å²) in [6.07, 6.45) is 6.82. The topological polar surface area (TPSA) is 83.3 Å². The van der Waals surface area contributed by atoms with Gasteiger partial charge in [-0.25, -0.2) is 4.98 Å². The molecule has 1 saturated heterocycles. The van der Waals surface area contributed by atoms with Gasteiger partial charge in [0.25, 0.3) is 0 Å². The molecule has 1 aliphatic heterocycles. The van der Waals surface area contributed by atoms with Crippen molar-refractivity contribution >= 4 is 11.9 Å². The Hall–Kier alpha value is -2.25. The van der Waals surface area contributed by atoms with Gasteiger partial charge in [-0.3, -0.25) is 15.1 Å². The Labute approximate surface area is 135 Å². The van der Waals surface area contributed by atoms with Crippen LogP contribution in [-0.2, 0) is 11.3 Å². The van der Waals surface area contributed by atoms with Crippen LogP contribution in [0.15, 0.2) is 36.9 Å². The number of carbonyl (C=O) groups is 1. The highest BCUT2D eigenvalue weighted by atomic mass is 16.3. The summed E-state index contributed by atoms with van der Waals surface area (Å²) in [6, 6.07) is 3.85. The first-order chi connectivity index (χ1) is 11.1. The molecule has 0 radical (unpaired) electrons. The summed E-state index contributed by atoms with van der Waals surface area (Å²) >= 11 is 0. The normalized spacial score (nSPS) is 21.5. The second kappa shape index (κ2) is 6.89. The Bertz CT molecular complexity index is 658. The molecule has 7 heteroatoms. The molecule has 3 heterocycles. The molecule has 0 aromatic carbocycles. The number of nitrogens with one attached hydrogen (secondary N) is 1. The third-order valence-corrected chi connectivity index (χ3v) is 4.11. The first-order valence-corrected chi connectivity index (χ1v) is 7.68. The van der Waals surface area contributed by atoms with Crippen LogP contribution in [0.3, 0.4) is 0 Å². The second-order valence-electron chi connectivity index (χ2n) is 6.04. The van der Waals surface area contributed by atoms with Crippen molar-refractivity contribution in [3.8, 4) is 0 Å². The molecule has 7 nitrogen and oxygen atoms in total. The number of carbonyl (C=O) groups excluding carboxylic acids is 1. The molecule has 0 spiro atoms. The van der Waals surface area contributed by atoms with Crippen molar-refractivity contribution in [1.29, 1.82) is 0 Å². The quantitative estimate of drug-likeness (QED) is 0.843. The maximum Gasteiger partial charge on any atom is 0.227 e. The Balaban J connectivity index is 1.60. The molecule has 0 bridgehead atoms. The van der Waals surface area contributed by atoms with Crippen molar-refractivity contribution in [1.82, 2.24) is 19.4 Å². The summed E-state index contributed by atoms with van der Waals surface area (Å²) in [5.74, 6) is 0.378. The van der Waals surface area contributed by atoms with Crippen molar-refractivity contribution in [3.05, 3.63) is 42.5 Å². The minimum atomic E-state index is -0.442. The van der Waals surface area contributed by atoms with E-state index in [1.54, 1.807) is 18.6 Å². The van der Waals surface area contributed by atoms with Crippen LogP contribution >= 0.6 is 0 Å². The molecule has 1 amide bonds. The van der Waals surface area contributed by atoms with Crippen LogP contribution in [0, 0.1) is 5.92 Å². The molecule has 1 aliphatic rings. The average molecular weight is 315 g/mol. The number of aromatic nitrogens is 3. The molecule has 0 unspecified atom stereocenters. The van der Waals surface area contributed by atoms with Gasteiger partial charge in [-0.1, -0.05) is 0 Å². The van der Waals surface area contributed by atoms with E-state index in [-0.39, 0.29) is 11.8 Å². The van der Waals surface area contributed by atoms with Gasteiger partial charge >= 0.3 is 0 Å². The van der Waals surface area contributed by atoms with Crippen LogP contribution in [0.2, 0.25) is 0 Å². The molecule has 0 aliphatic carbocycles. The van der Waals surface area contributed by atoms with Gasteiger partial charge in [-0.2, -0.15) is 0 Å². The van der Waals surface area contributed by atoms with Gasteiger partial charge < -0.3 is 14.6 Å². The number of aliphatic hydroxyl groups is 1. The summed E-state index contributed by atoms with van der Waals surface area (Å²) in [5, 5.41) is 12.8. The lowest BCUT2D eigenvalue weighted by molar-refractivity contribution is -0.117. The predicted molar refractivity (Wildman–Crippen MR) is 85.8 cm³/mol. The smallest absolute Gasteiger partial charge is 0.227 e. The SMILES string of the molecule is CN1C[C@@H](CC(=O)Nc2nccn2Cc2ccncc2)[C@H](O)C1. The van der Waals surface area contributed by atoms with Crippen molar-refractivity contribution in [2.24, 2.45) is 5.92 Å². The van der Waals surface area contributed by atoms with E-state index in [9.17, 15) is 9.90 Å². The summed E-state index contributed by atoms with van der Waals surface area (Å²) in [6.45, 7) is 1.97. The van der Waals surface area contributed by atoms with Crippen LogP contribution in [-0.4, -0.2) is 56.7 Å². The maximum atomic E-state index is 12.2. The van der Waals surface area contributed by atoms with Gasteiger partial charge in [0, 0.05) is 50.2 Å². The summed E-state index contributed by atoms with van der Waals surface area (Å²) in [4.78, 5) is 22.5. The molecule has 1 fully saturated rings. The zero-order valence-corrected chi connectivity index (χ0v) is 13.1. The van der Waals surface area contributed by atoms with Gasteiger partial charge in [0.05, 0.1) is 12.6 Å².